The normalized spacial score (nSPS) is 18.3. The molecule has 3 heteroatoms. The number of hydrogen-bond acceptors (Lipinski definition) is 2. The summed E-state index contributed by atoms with van der Waals surface area (Å²) < 4.78 is 19.2. The van der Waals surface area contributed by atoms with Crippen LogP contribution >= 0.6 is 12.6 Å². The van der Waals surface area contributed by atoms with E-state index in [-0.39, 0.29) is 11.2 Å². The maximum atomic E-state index is 13.5. The molecule has 1 nitrogen and oxygen atoms in total. The van der Waals surface area contributed by atoms with E-state index in [4.69, 9.17) is 4.74 Å². The third-order valence-corrected chi connectivity index (χ3v) is 4.29. The molecule has 0 N–H and O–H groups in total. The molecule has 1 aromatic carbocycles. The first-order valence-corrected chi connectivity index (χ1v) is 6.78. The predicted molar refractivity (Wildman–Crippen MR) is 71.4 cm³/mol. The van der Waals surface area contributed by atoms with Crippen LogP contribution < -0.4 is 4.74 Å². The molecule has 1 fully saturated rings. The molecule has 0 unspecified atom stereocenters. The molecule has 0 aliphatic heterocycles. The zero-order valence-corrected chi connectivity index (χ0v) is 11.1. The standard InChI is InChI=1S/C14H19FOS/c1-11-4-5-12(15)13(8-11)16-9-14(10-17)6-2-3-7-14/h4-5,8,17H,2-3,6-7,9-10H2,1H3. The van der Waals surface area contributed by atoms with Gasteiger partial charge in [-0.05, 0) is 43.2 Å². The van der Waals surface area contributed by atoms with E-state index < -0.39 is 0 Å². The molecular weight excluding hydrogens is 235 g/mol. The van der Waals surface area contributed by atoms with Crippen molar-refractivity contribution >= 4 is 12.6 Å². The topological polar surface area (TPSA) is 9.23 Å². The fraction of sp³-hybridized carbons (Fsp3) is 0.571. The van der Waals surface area contributed by atoms with E-state index >= 15 is 0 Å². The van der Waals surface area contributed by atoms with E-state index in [1.54, 1.807) is 12.1 Å². The molecule has 0 amide bonds. The van der Waals surface area contributed by atoms with Crippen LogP contribution in [0.25, 0.3) is 0 Å². The molecule has 1 aliphatic rings. The van der Waals surface area contributed by atoms with E-state index in [0.717, 1.165) is 24.2 Å². The average Bonchev–Trinajstić information content (AvgIpc) is 2.80. The van der Waals surface area contributed by atoms with E-state index in [9.17, 15) is 4.39 Å². The molecule has 94 valence electrons. The lowest BCUT2D eigenvalue weighted by molar-refractivity contribution is 0.167. The van der Waals surface area contributed by atoms with Crippen LogP contribution in [-0.4, -0.2) is 12.4 Å². The lowest BCUT2D eigenvalue weighted by Crippen LogP contribution is -2.27. The van der Waals surface area contributed by atoms with Gasteiger partial charge in [0.2, 0.25) is 0 Å². The number of benzene rings is 1. The lowest BCUT2D eigenvalue weighted by Gasteiger charge is -2.26. The Morgan fingerprint density at radius 3 is 2.71 bits per heavy atom. The minimum Gasteiger partial charge on any atom is -0.490 e. The zero-order chi connectivity index (χ0) is 12.3. The summed E-state index contributed by atoms with van der Waals surface area (Å²) in [7, 11) is 0. The van der Waals surface area contributed by atoms with Crippen molar-refractivity contribution in [3.63, 3.8) is 0 Å². The molecule has 0 atom stereocenters. The second-order valence-corrected chi connectivity index (χ2v) is 5.40. The fourth-order valence-electron chi connectivity index (χ4n) is 2.43. The van der Waals surface area contributed by atoms with Gasteiger partial charge in [-0.15, -0.1) is 0 Å². The molecule has 0 radical (unpaired) electrons. The second-order valence-electron chi connectivity index (χ2n) is 5.09. The molecule has 0 aromatic heterocycles. The van der Waals surface area contributed by atoms with E-state index in [1.807, 2.05) is 6.92 Å². The molecule has 2 rings (SSSR count). The highest BCUT2D eigenvalue weighted by molar-refractivity contribution is 7.80. The largest absolute Gasteiger partial charge is 0.490 e. The zero-order valence-electron chi connectivity index (χ0n) is 10.2. The van der Waals surface area contributed by atoms with Crippen molar-refractivity contribution in [1.29, 1.82) is 0 Å². The number of halogens is 1. The summed E-state index contributed by atoms with van der Waals surface area (Å²) in [4.78, 5) is 0. The third kappa shape index (κ3) is 2.95. The highest BCUT2D eigenvalue weighted by Crippen LogP contribution is 2.39. The molecular formula is C14H19FOS. The Labute approximate surface area is 108 Å². The number of thiol groups is 1. The van der Waals surface area contributed by atoms with Crippen LogP contribution in [0.3, 0.4) is 0 Å². The van der Waals surface area contributed by atoms with Crippen LogP contribution in [-0.2, 0) is 0 Å². The Balaban J connectivity index is 2.03. The van der Waals surface area contributed by atoms with Gasteiger partial charge in [-0.2, -0.15) is 12.6 Å². The summed E-state index contributed by atoms with van der Waals surface area (Å²) in [5.41, 5.74) is 1.17. The van der Waals surface area contributed by atoms with Gasteiger partial charge in [0.05, 0.1) is 6.61 Å². The quantitative estimate of drug-likeness (QED) is 0.799. The molecule has 1 saturated carbocycles. The van der Waals surface area contributed by atoms with Crippen LogP contribution in [0.4, 0.5) is 4.39 Å². The SMILES string of the molecule is Cc1ccc(F)c(OCC2(CS)CCCC2)c1. The van der Waals surface area contributed by atoms with E-state index in [2.05, 4.69) is 12.6 Å². The van der Waals surface area contributed by atoms with Gasteiger partial charge in [0, 0.05) is 5.41 Å². The van der Waals surface area contributed by atoms with Crippen molar-refractivity contribution in [3.05, 3.63) is 29.6 Å². The summed E-state index contributed by atoms with van der Waals surface area (Å²) in [5, 5.41) is 0. The van der Waals surface area contributed by atoms with Gasteiger partial charge in [0.15, 0.2) is 11.6 Å². The summed E-state index contributed by atoms with van der Waals surface area (Å²) in [5.74, 6) is 0.918. The first kappa shape index (κ1) is 12.7. The number of ether oxygens (including phenoxy) is 1. The fourth-order valence-corrected chi connectivity index (χ4v) is 2.83. The van der Waals surface area contributed by atoms with Crippen molar-refractivity contribution in [3.8, 4) is 5.75 Å². The van der Waals surface area contributed by atoms with Gasteiger partial charge in [-0.3, -0.25) is 0 Å². The molecule has 1 aliphatic carbocycles. The predicted octanol–water partition coefficient (Wildman–Crippen LogP) is 4.00. The summed E-state index contributed by atoms with van der Waals surface area (Å²) in [6.45, 7) is 2.52. The van der Waals surface area contributed by atoms with Gasteiger partial charge < -0.3 is 4.74 Å². The van der Waals surface area contributed by atoms with E-state index in [0.29, 0.717) is 12.4 Å². The highest BCUT2D eigenvalue weighted by Gasteiger charge is 2.33. The van der Waals surface area contributed by atoms with Gasteiger partial charge in [0.25, 0.3) is 0 Å². The maximum Gasteiger partial charge on any atom is 0.165 e. The number of rotatable bonds is 4. The van der Waals surface area contributed by atoms with Crippen LogP contribution in [0.1, 0.15) is 31.2 Å². The third-order valence-electron chi connectivity index (χ3n) is 3.62. The minimum absolute atomic E-state index is 0.152. The first-order valence-electron chi connectivity index (χ1n) is 6.15. The summed E-state index contributed by atoms with van der Waals surface area (Å²) in [6.07, 6.45) is 4.76. The maximum absolute atomic E-state index is 13.5. The Morgan fingerprint density at radius 1 is 1.35 bits per heavy atom. The summed E-state index contributed by atoms with van der Waals surface area (Å²) in [6, 6.07) is 4.98. The monoisotopic (exact) mass is 254 g/mol. The molecule has 0 heterocycles. The summed E-state index contributed by atoms with van der Waals surface area (Å²) >= 11 is 4.42. The van der Waals surface area contributed by atoms with Gasteiger partial charge in [-0.1, -0.05) is 18.9 Å². The Bertz CT molecular complexity index is 386. The van der Waals surface area contributed by atoms with Gasteiger partial charge in [-0.25, -0.2) is 4.39 Å². The molecule has 0 bridgehead atoms. The highest BCUT2D eigenvalue weighted by atomic mass is 32.1. The van der Waals surface area contributed by atoms with Crippen LogP contribution in [0, 0.1) is 18.2 Å². The molecule has 1 aromatic rings. The van der Waals surface area contributed by atoms with Crippen molar-refractivity contribution in [2.45, 2.75) is 32.6 Å². The molecule has 0 saturated heterocycles. The van der Waals surface area contributed by atoms with Crippen molar-refractivity contribution < 1.29 is 9.13 Å². The number of hydrogen-bond donors (Lipinski definition) is 1. The molecule has 0 spiro atoms. The minimum atomic E-state index is -0.275. The van der Waals surface area contributed by atoms with Crippen molar-refractivity contribution in [1.82, 2.24) is 0 Å². The van der Waals surface area contributed by atoms with Crippen LogP contribution in [0.2, 0.25) is 0 Å². The molecule has 17 heavy (non-hydrogen) atoms. The Hall–Kier alpha value is -0.700. The van der Waals surface area contributed by atoms with Crippen LogP contribution in [0.15, 0.2) is 18.2 Å². The van der Waals surface area contributed by atoms with Crippen molar-refractivity contribution in [2.24, 2.45) is 5.41 Å². The number of aryl methyl sites for hydroxylation is 1. The van der Waals surface area contributed by atoms with Crippen LogP contribution in [0.5, 0.6) is 5.75 Å². The van der Waals surface area contributed by atoms with E-state index in [1.165, 1.54) is 18.9 Å². The first-order chi connectivity index (χ1) is 8.15. The second kappa shape index (κ2) is 5.30. The Morgan fingerprint density at radius 2 is 2.06 bits per heavy atom. The van der Waals surface area contributed by atoms with Gasteiger partial charge >= 0.3 is 0 Å². The lowest BCUT2D eigenvalue weighted by atomic mass is 9.90. The van der Waals surface area contributed by atoms with Gasteiger partial charge in [0.1, 0.15) is 0 Å². The Kier molecular flexibility index (Phi) is 3.97. The van der Waals surface area contributed by atoms with Crippen molar-refractivity contribution in [2.75, 3.05) is 12.4 Å². The average molecular weight is 254 g/mol. The smallest absolute Gasteiger partial charge is 0.165 e.